The molecular weight excluding hydrogens is 236 g/mol. The molecule has 0 radical (unpaired) electrons. The lowest BCUT2D eigenvalue weighted by Crippen LogP contribution is -2.05. The fourth-order valence-corrected chi connectivity index (χ4v) is 2.07. The molecule has 0 spiro atoms. The topological polar surface area (TPSA) is 45.8 Å². The van der Waals surface area contributed by atoms with Crippen molar-refractivity contribution in [1.29, 1.82) is 0 Å². The molecule has 3 heteroatoms. The van der Waals surface area contributed by atoms with E-state index in [1.807, 2.05) is 36.4 Å². The van der Waals surface area contributed by atoms with Crippen molar-refractivity contribution in [2.45, 2.75) is 0 Å². The zero-order valence-corrected chi connectivity index (χ0v) is 10.2. The van der Waals surface area contributed by atoms with Crippen molar-refractivity contribution in [1.82, 2.24) is 10.2 Å². The van der Waals surface area contributed by atoms with Crippen molar-refractivity contribution >= 4 is 0 Å². The van der Waals surface area contributed by atoms with Crippen molar-refractivity contribution < 1.29 is 0 Å². The lowest BCUT2D eigenvalue weighted by atomic mass is 9.98. The van der Waals surface area contributed by atoms with Crippen molar-refractivity contribution in [2.24, 2.45) is 0 Å². The normalized spacial score (nSPS) is 10.3. The van der Waals surface area contributed by atoms with Gasteiger partial charge in [-0.25, -0.2) is 5.10 Å². The van der Waals surface area contributed by atoms with Crippen LogP contribution in [0.5, 0.6) is 0 Å². The van der Waals surface area contributed by atoms with Crippen LogP contribution in [0.2, 0.25) is 0 Å². The maximum absolute atomic E-state index is 11.1. The summed E-state index contributed by atoms with van der Waals surface area (Å²) in [5.74, 6) is 0. The third kappa shape index (κ3) is 2.31. The van der Waals surface area contributed by atoms with E-state index in [1.54, 1.807) is 6.07 Å². The van der Waals surface area contributed by atoms with Crippen molar-refractivity contribution in [3.8, 4) is 22.4 Å². The average molecular weight is 248 g/mol. The summed E-state index contributed by atoms with van der Waals surface area (Å²) in [5, 5.41) is 6.57. The molecule has 0 saturated carbocycles. The molecule has 92 valence electrons. The molecule has 0 fully saturated rings. The molecule has 19 heavy (non-hydrogen) atoms. The number of nitrogens with zero attached hydrogens (tertiary/aromatic N) is 1. The average Bonchev–Trinajstić information content (AvgIpc) is 2.49. The number of aromatic amines is 1. The fourth-order valence-electron chi connectivity index (χ4n) is 2.07. The van der Waals surface area contributed by atoms with Gasteiger partial charge in [0.05, 0.1) is 5.69 Å². The number of benzene rings is 2. The molecule has 3 rings (SSSR count). The first kappa shape index (κ1) is 11.4. The first-order chi connectivity index (χ1) is 9.34. The van der Waals surface area contributed by atoms with Crippen LogP contribution in [0.15, 0.2) is 71.5 Å². The Morgan fingerprint density at radius 2 is 1.42 bits per heavy atom. The Bertz CT molecular complexity index is 727. The van der Waals surface area contributed by atoms with Gasteiger partial charge in [0.15, 0.2) is 0 Å². The van der Waals surface area contributed by atoms with E-state index in [1.165, 1.54) is 6.07 Å². The van der Waals surface area contributed by atoms with E-state index in [0.29, 0.717) is 0 Å². The van der Waals surface area contributed by atoms with Crippen LogP contribution < -0.4 is 5.56 Å². The Labute approximate surface area is 110 Å². The Kier molecular flexibility index (Phi) is 2.94. The van der Waals surface area contributed by atoms with Gasteiger partial charge in [-0.05, 0) is 17.2 Å². The molecule has 3 aromatic rings. The highest BCUT2D eigenvalue weighted by Crippen LogP contribution is 2.29. The smallest absolute Gasteiger partial charge is 0.264 e. The minimum atomic E-state index is -0.194. The quantitative estimate of drug-likeness (QED) is 0.757. The number of nitrogens with one attached hydrogen (secondary N) is 1. The van der Waals surface area contributed by atoms with Crippen molar-refractivity contribution in [3.05, 3.63) is 77.1 Å². The van der Waals surface area contributed by atoms with Gasteiger partial charge in [0.25, 0.3) is 5.56 Å². The monoisotopic (exact) mass is 248 g/mol. The molecule has 0 atom stereocenters. The van der Waals surface area contributed by atoms with Crippen LogP contribution in [0.3, 0.4) is 0 Å². The van der Waals surface area contributed by atoms with Crippen molar-refractivity contribution in [2.75, 3.05) is 0 Å². The minimum absolute atomic E-state index is 0.194. The zero-order chi connectivity index (χ0) is 13.1. The summed E-state index contributed by atoms with van der Waals surface area (Å²) in [6.45, 7) is 0. The Morgan fingerprint density at radius 1 is 0.737 bits per heavy atom. The first-order valence-corrected chi connectivity index (χ1v) is 6.05. The molecule has 0 aliphatic rings. The highest BCUT2D eigenvalue weighted by molar-refractivity contribution is 5.81. The maximum Gasteiger partial charge on any atom is 0.264 e. The van der Waals surface area contributed by atoms with Gasteiger partial charge >= 0.3 is 0 Å². The Balaban J connectivity index is 2.18. The molecule has 0 bridgehead atoms. The molecule has 2 aromatic carbocycles. The molecule has 0 aliphatic heterocycles. The molecule has 1 aromatic heterocycles. The van der Waals surface area contributed by atoms with E-state index in [-0.39, 0.29) is 5.56 Å². The predicted molar refractivity (Wildman–Crippen MR) is 75.7 cm³/mol. The van der Waals surface area contributed by atoms with E-state index in [0.717, 1.165) is 22.4 Å². The number of H-pyrrole nitrogens is 1. The van der Waals surface area contributed by atoms with Crippen LogP contribution in [0.1, 0.15) is 0 Å². The second kappa shape index (κ2) is 4.90. The highest BCUT2D eigenvalue weighted by Gasteiger charge is 2.07. The second-order valence-corrected chi connectivity index (χ2v) is 4.22. The van der Waals surface area contributed by atoms with Crippen LogP contribution in [0, 0.1) is 0 Å². The number of hydrogen-bond donors (Lipinski definition) is 1. The van der Waals surface area contributed by atoms with Gasteiger partial charge in [-0.2, -0.15) is 5.10 Å². The van der Waals surface area contributed by atoms with Gasteiger partial charge in [-0.15, -0.1) is 0 Å². The number of aromatic nitrogens is 2. The van der Waals surface area contributed by atoms with Gasteiger partial charge in [-0.1, -0.05) is 54.6 Å². The lowest BCUT2D eigenvalue weighted by molar-refractivity contribution is 0.995. The summed E-state index contributed by atoms with van der Waals surface area (Å²) < 4.78 is 0. The van der Waals surface area contributed by atoms with Gasteiger partial charge < -0.3 is 0 Å². The molecule has 1 N–H and O–H groups in total. The summed E-state index contributed by atoms with van der Waals surface area (Å²) in [6, 6.07) is 21.4. The van der Waals surface area contributed by atoms with E-state index in [4.69, 9.17) is 0 Å². The van der Waals surface area contributed by atoms with E-state index in [9.17, 15) is 4.79 Å². The van der Waals surface area contributed by atoms with Crippen LogP contribution in [0.25, 0.3) is 22.4 Å². The lowest BCUT2D eigenvalue weighted by Gasteiger charge is -2.08. The van der Waals surface area contributed by atoms with Gasteiger partial charge in [0.1, 0.15) is 0 Å². The van der Waals surface area contributed by atoms with Crippen LogP contribution >= 0.6 is 0 Å². The fraction of sp³-hybridized carbons (Fsp3) is 0. The van der Waals surface area contributed by atoms with Crippen LogP contribution in [-0.2, 0) is 0 Å². The number of rotatable bonds is 2. The molecular formula is C16H12N2O. The molecule has 3 nitrogen and oxygen atoms in total. The zero-order valence-electron chi connectivity index (χ0n) is 10.2. The molecule has 0 unspecified atom stereocenters. The molecule has 0 amide bonds. The van der Waals surface area contributed by atoms with Crippen LogP contribution in [-0.4, -0.2) is 10.2 Å². The summed E-state index contributed by atoms with van der Waals surface area (Å²) in [4.78, 5) is 11.1. The summed E-state index contributed by atoms with van der Waals surface area (Å²) in [5.41, 5.74) is 3.80. The summed E-state index contributed by atoms with van der Waals surface area (Å²) >= 11 is 0. The van der Waals surface area contributed by atoms with Gasteiger partial charge in [0.2, 0.25) is 0 Å². The second-order valence-electron chi connectivity index (χ2n) is 4.22. The van der Waals surface area contributed by atoms with Gasteiger partial charge in [-0.3, -0.25) is 4.79 Å². The Hall–Kier alpha value is -2.68. The minimum Gasteiger partial charge on any atom is -0.268 e. The van der Waals surface area contributed by atoms with Crippen molar-refractivity contribution in [3.63, 3.8) is 0 Å². The van der Waals surface area contributed by atoms with E-state index in [2.05, 4.69) is 28.4 Å². The van der Waals surface area contributed by atoms with E-state index < -0.39 is 0 Å². The number of hydrogen-bond acceptors (Lipinski definition) is 2. The third-order valence-electron chi connectivity index (χ3n) is 2.97. The predicted octanol–water partition coefficient (Wildman–Crippen LogP) is 3.10. The molecule has 0 aliphatic carbocycles. The standard InChI is InChI=1S/C16H12N2O/c19-16-11-10-15(17-18-16)14-9-5-4-8-13(14)12-6-2-1-3-7-12/h1-11H,(H,18,19). The maximum atomic E-state index is 11.1. The highest BCUT2D eigenvalue weighted by atomic mass is 16.1. The molecule has 1 heterocycles. The largest absolute Gasteiger partial charge is 0.268 e. The van der Waals surface area contributed by atoms with E-state index >= 15 is 0 Å². The summed E-state index contributed by atoms with van der Waals surface area (Å²) in [6.07, 6.45) is 0. The van der Waals surface area contributed by atoms with Gasteiger partial charge in [0, 0.05) is 11.6 Å². The first-order valence-electron chi connectivity index (χ1n) is 6.05. The molecule has 0 saturated heterocycles. The third-order valence-corrected chi connectivity index (χ3v) is 2.97. The summed E-state index contributed by atoms with van der Waals surface area (Å²) in [7, 11) is 0. The van der Waals surface area contributed by atoms with Crippen LogP contribution in [0.4, 0.5) is 0 Å². The SMILES string of the molecule is O=c1ccc(-c2ccccc2-c2ccccc2)n[nH]1. The Morgan fingerprint density at radius 3 is 2.11 bits per heavy atom.